The fraction of sp³-hybridized carbons (Fsp3) is 0.217. The summed E-state index contributed by atoms with van der Waals surface area (Å²) in [4.78, 5) is 22.1. The molecule has 1 aliphatic rings. The van der Waals surface area contributed by atoms with Crippen LogP contribution in [0, 0.1) is 0 Å². The summed E-state index contributed by atoms with van der Waals surface area (Å²) in [7, 11) is 1.93. The Morgan fingerprint density at radius 1 is 0.931 bits per heavy atom. The van der Waals surface area contributed by atoms with Gasteiger partial charge in [-0.1, -0.05) is 29.8 Å². The number of amides is 1. The lowest BCUT2D eigenvalue weighted by Crippen LogP contribution is -2.49. The van der Waals surface area contributed by atoms with Gasteiger partial charge < -0.3 is 14.4 Å². The van der Waals surface area contributed by atoms with Gasteiger partial charge in [-0.25, -0.2) is 4.98 Å². The van der Waals surface area contributed by atoms with Gasteiger partial charge in [-0.2, -0.15) is 0 Å². The van der Waals surface area contributed by atoms with Crippen LogP contribution < -0.4 is 4.90 Å². The molecule has 5 rings (SSSR count). The third-order valence-corrected chi connectivity index (χ3v) is 5.93. The standard InChI is InChI=1S/C23H21ClN4O/c1-26-20-8-7-18(24)14-17(20)15-21(26)23(29)28-12-10-27(11-13-28)22-9-6-16-4-2-3-5-19(16)25-22/h2-9,14-15H,10-13H2,1H3. The van der Waals surface area contributed by atoms with Crippen LogP contribution in [-0.2, 0) is 7.05 Å². The summed E-state index contributed by atoms with van der Waals surface area (Å²) in [6, 6.07) is 19.9. The highest BCUT2D eigenvalue weighted by Crippen LogP contribution is 2.24. The average molecular weight is 405 g/mol. The molecule has 0 N–H and O–H groups in total. The Labute approximate surface area is 174 Å². The monoisotopic (exact) mass is 404 g/mol. The molecule has 5 nitrogen and oxygen atoms in total. The van der Waals surface area contributed by atoms with Crippen LogP contribution in [0.15, 0.2) is 60.7 Å². The maximum atomic E-state index is 13.1. The van der Waals surface area contributed by atoms with Crippen molar-refractivity contribution in [2.75, 3.05) is 31.1 Å². The number of nitrogens with zero attached hydrogens (tertiary/aromatic N) is 4. The second kappa shape index (κ2) is 7.08. The highest BCUT2D eigenvalue weighted by molar-refractivity contribution is 6.31. The van der Waals surface area contributed by atoms with Gasteiger partial charge in [-0.15, -0.1) is 0 Å². The number of aryl methyl sites for hydroxylation is 1. The first-order valence-corrected chi connectivity index (χ1v) is 10.1. The number of pyridine rings is 1. The smallest absolute Gasteiger partial charge is 0.270 e. The number of benzene rings is 2. The SMILES string of the molecule is Cn1c(C(=O)N2CCN(c3ccc4ccccc4n3)CC2)cc2cc(Cl)ccc21. The third kappa shape index (κ3) is 3.21. The Kier molecular flexibility index (Phi) is 4.40. The first-order valence-electron chi connectivity index (χ1n) is 9.75. The van der Waals surface area contributed by atoms with Gasteiger partial charge in [-0.05, 0) is 42.5 Å². The molecule has 1 fully saturated rings. The molecule has 4 aromatic rings. The van der Waals surface area contributed by atoms with Crippen molar-refractivity contribution in [3.8, 4) is 0 Å². The lowest BCUT2D eigenvalue weighted by atomic mass is 10.2. The lowest BCUT2D eigenvalue weighted by Gasteiger charge is -2.35. The molecule has 2 aromatic heterocycles. The number of fused-ring (bicyclic) bond motifs is 2. The second-order valence-corrected chi connectivity index (χ2v) is 7.87. The first kappa shape index (κ1) is 18.0. The zero-order chi connectivity index (χ0) is 20.0. The van der Waals surface area contributed by atoms with Crippen molar-refractivity contribution in [1.29, 1.82) is 0 Å². The van der Waals surface area contributed by atoms with Gasteiger partial charge in [0.1, 0.15) is 11.5 Å². The van der Waals surface area contributed by atoms with Crippen molar-refractivity contribution >= 4 is 45.1 Å². The molecule has 0 aliphatic carbocycles. The zero-order valence-electron chi connectivity index (χ0n) is 16.2. The van der Waals surface area contributed by atoms with Crippen molar-refractivity contribution < 1.29 is 4.79 Å². The van der Waals surface area contributed by atoms with Crippen molar-refractivity contribution in [2.24, 2.45) is 7.05 Å². The predicted octanol–water partition coefficient (Wildman–Crippen LogP) is 4.34. The molecule has 0 atom stereocenters. The molecule has 0 unspecified atom stereocenters. The molecule has 0 spiro atoms. The number of para-hydroxylation sites is 1. The van der Waals surface area contributed by atoms with E-state index in [0.29, 0.717) is 23.8 Å². The molecule has 29 heavy (non-hydrogen) atoms. The van der Waals surface area contributed by atoms with Crippen molar-refractivity contribution in [2.45, 2.75) is 0 Å². The minimum absolute atomic E-state index is 0.0611. The van der Waals surface area contributed by atoms with Gasteiger partial charge in [0.15, 0.2) is 0 Å². The fourth-order valence-electron chi connectivity index (χ4n) is 4.06. The van der Waals surface area contributed by atoms with Crippen molar-refractivity contribution in [3.05, 3.63) is 71.4 Å². The Balaban J connectivity index is 1.33. The van der Waals surface area contributed by atoms with Gasteiger partial charge in [-0.3, -0.25) is 4.79 Å². The van der Waals surface area contributed by atoms with Crippen molar-refractivity contribution in [1.82, 2.24) is 14.5 Å². The number of rotatable bonds is 2. The number of anilines is 1. The molecule has 1 amide bonds. The number of hydrogen-bond acceptors (Lipinski definition) is 3. The molecule has 0 saturated carbocycles. The number of hydrogen-bond donors (Lipinski definition) is 0. The summed E-state index contributed by atoms with van der Waals surface area (Å²) >= 11 is 6.10. The van der Waals surface area contributed by atoms with E-state index in [1.165, 1.54) is 0 Å². The zero-order valence-corrected chi connectivity index (χ0v) is 16.9. The summed E-state index contributed by atoms with van der Waals surface area (Å²) in [6.45, 7) is 2.89. The van der Waals surface area contributed by atoms with E-state index >= 15 is 0 Å². The number of carbonyl (C=O) groups excluding carboxylic acids is 1. The van der Waals surface area contributed by atoms with Crippen LogP contribution in [0.4, 0.5) is 5.82 Å². The largest absolute Gasteiger partial charge is 0.353 e. The van der Waals surface area contributed by atoms with E-state index in [1.807, 2.05) is 59.0 Å². The minimum atomic E-state index is 0.0611. The quantitative estimate of drug-likeness (QED) is 0.499. The first-order chi connectivity index (χ1) is 14.1. The van der Waals surface area contributed by atoms with Crippen LogP contribution in [-0.4, -0.2) is 46.5 Å². The van der Waals surface area contributed by atoms with E-state index in [-0.39, 0.29) is 5.91 Å². The normalized spacial score (nSPS) is 14.7. The maximum Gasteiger partial charge on any atom is 0.270 e. The van der Waals surface area contributed by atoms with Crippen LogP contribution in [0.2, 0.25) is 5.02 Å². The Hall–Kier alpha value is -3.05. The van der Waals surface area contributed by atoms with E-state index < -0.39 is 0 Å². The van der Waals surface area contributed by atoms with Crippen LogP contribution in [0.25, 0.3) is 21.8 Å². The van der Waals surface area contributed by atoms with Gasteiger partial charge >= 0.3 is 0 Å². The topological polar surface area (TPSA) is 41.4 Å². The van der Waals surface area contributed by atoms with Gasteiger partial charge in [0.2, 0.25) is 0 Å². The van der Waals surface area contributed by atoms with Crippen molar-refractivity contribution in [3.63, 3.8) is 0 Å². The second-order valence-electron chi connectivity index (χ2n) is 7.43. The van der Waals surface area contributed by atoms with Crippen LogP contribution in [0.5, 0.6) is 0 Å². The maximum absolute atomic E-state index is 13.1. The highest BCUT2D eigenvalue weighted by Gasteiger charge is 2.25. The molecule has 146 valence electrons. The summed E-state index contributed by atoms with van der Waals surface area (Å²) in [6.07, 6.45) is 0. The average Bonchev–Trinajstić information content (AvgIpc) is 3.08. The third-order valence-electron chi connectivity index (χ3n) is 5.70. The van der Waals surface area contributed by atoms with E-state index in [1.54, 1.807) is 0 Å². The van der Waals surface area contributed by atoms with Gasteiger partial charge in [0.25, 0.3) is 5.91 Å². The highest BCUT2D eigenvalue weighted by atomic mass is 35.5. The predicted molar refractivity (Wildman–Crippen MR) is 118 cm³/mol. The molecule has 0 bridgehead atoms. The van der Waals surface area contributed by atoms with Crippen LogP contribution >= 0.6 is 11.6 Å². The fourth-order valence-corrected chi connectivity index (χ4v) is 4.24. The molecule has 1 aliphatic heterocycles. The molecule has 1 saturated heterocycles. The number of aromatic nitrogens is 2. The van der Waals surface area contributed by atoms with Crippen LogP contribution in [0.1, 0.15) is 10.5 Å². The Bertz CT molecular complexity index is 1220. The summed E-state index contributed by atoms with van der Waals surface area (Å²) in [5.41, 5.74) is 2.70. The van der Waals surface area contributed by atoms with E-state index in [9.17, 15) is 4.79 Å². The summed E-state index contributed by atoms with van der Waals surface area (Å²) < 4.78 is 1.95. The Morgan fingerprint density at radius 3 is 2.55 bits per heavy atom. The summed E-state index contributed by atoms with van der Waals surface area (Å²) in [5, 5.41) is 2.81. The number of piperazine rings is 1. The van der Waals surface area contributed by atoms with E-state index in [2.05, 4.69) is 23.1 Å². The molecule has 3 heterocycles. The number of halogens is 1. The molecule has 0 radical (unpaired) electrons. The van der Waals surface area contributed by atoms with E-state index in [0.717, 1.165) is 40.7 Å². The Morgan fingerprint density at radius 2 is 1.72 bits per heavy atom. The molecular formula is C23H21ClN4O. The molecule has 2 aromatic carbocycles. The van der Waals surface area contributed by atoms with Gasteiger partial charge in [0, 0.05) is 54.5 Å². The lowest BCUT2D eigenvalue weighted by molar-refractivity contribution is 0.0737. The van der Waals surface area contributed by atoms with Crippen LogP contribution in [0.3, 0.4) is 0 Å². The van der Waals surface area contributed by atoms with E-state index in [4.69, 9.17) is 16.6 Å². The molecular weight excluding hydrogens is 384 g/mol. The minimum Gasteiger partial charge on any atom is -0.353 e. The molecule has 6 heteroatoms. The number of carbonyl (C=O) groups is 1. The summed E-state index contributed by atoms with van der Waals surface area (Å²) in [5.74, 6) is 1.03. The van der Waals surface area contributed by atoms with Gasteiger partial charge in [0.05, 0.1) is 5.52 Å².